The van der Waals surface area contributed by atoms with Crippen LogP contribution >= 0.6 is 0 Å². The first kappa shape index (κ1) is 22.6. The Labute approximate surface area is 195 Å². The van der Waals surface area contributed by atoms with Crippen molar-refractivity contribution in [3.63, 3.8) is 0 Å². The standard InChI is InChI=1S/2C12H8N2.Cu.N3/c2*1-3-9-5-6-10-4-2-8-14-12(10)11(9)13-7-1;;1-3-2/h2*1-8H;;/q2*-2;+1;-1. The van der Waals surface area contributed by atoms with Gasteiger partial charge in [-0.15, -0.1) is 22.7 Å². The molecule has 0 spiro atoms. The number of nitrogens with zero attached hydrogens (tertiary/aromatic N) is 7. The van der Waals surface area contributed by atoms with Gasteiger partial charge < -0.3 is 32.3 Å². The van der Waals surface area contributed by atoms with Gasteiger partial charge in [-0.3, -0.25) is 4.91 Å². The van der Waals surface area contributed by atoms with E-state index in [1.54, 1.807) is 24.8 Å². The minimum Gasteiger partial charge on any atom is -0.665 e. The van der Waals surface area contributed by atoms with Crippen LogP contribution in [0.25, 0.3) is 61.5 Å². The van der Waals surface area contributed by atoms with Crippen LogP contribution in [0.5, 0.6) is 0 Å². The van der Waals surface area contributed by atoms with Crippen LogP contribution in [0.15, 0.2) is 73.4 Å². The smallest absolute Gasteiger partial charge is 0.665 e. The van der Waals surface area contributed by atoms with E-state index in [0.29, 0.717) is 0 Å². The molecule has 0 atom stereocenters. The zero-order valence-corrected chi connectivity index (χ0v) is 17.6. The molecule has 0 fully saturated rings. The molecule has 4 heterocycles. The topological polar surface area (TPSA) is 115 Å². The third kappa shape index (κ3) is 4.79. The predicted molar refractivity (Wildman–Crippen MR) is 128 cm³/mol. The number of allylic oxidation sites excluding steroid dienone is 4. The van der Waals surface area contributed by atoms with Crippen molar-refractivity contribution in [1.82, 2.24) is 0 Å². The van der Waals surface area contributed by atoms with Gasteiger partial charge in [0.15, 0.2) is 0 Å². The maximum atomic E-state index is 6.75. The van der Waals surface area contributed by atoms with Crippen LogP contribution in [-0.4, -0.2) is 0 Å². The molecule has 0 radical (unpaired) electrons. The molecule has 0 amide bonds. The van der Waals surface area contributed by atoms with E-state index in [1.807, 2.05) is 24.3 Å². The minimum atomic E-state index is 0. The Kier molecular flexibility index (Phi) is 7.62. The second-order valence-electron chi connectivity index (χ2n) is 6.52. The molecular weight excluding hydrogens is 450 g/mol. The number of benzene rings is 2. The number of fused-ring (bicyclic) bond motifs is 6. The summed E-state index contributed by atoms with van der Waals surface area (Å²) >= 11 is 0. The van der Waals surface area contributed by atoms with Gasteiger partial charge in [0.2, 0.25) is 0 Å². The van der Waals surface area contributed by atoms with Crippen LogP contribution in [-0.2, 0) is 17.1 Å². The molecule has 0 aliphatic carbocycles. The first-order chi connectivity index (χ1) is 15.3. The summed E-state index contributed by atoms with van der Waals surface area (Å²) in [4.78, 5) is 1.50. The first-order valence-electron chi connectivity index (χ1n) is 9.47. The Morgan fingerprint density at radius 2 is 0.688 bits per heavy atom. The maximum Gasteiger partial charge on any atom is 1.00 e. The average Bonchev–Trinajstić information content (AvgIpc) is 2.85. The van der Waals surface area contributed by atoms with Gasteiger partial charge in [-0.1, -0.05) is 72.9 Å². The monoisotopic (exact) mass is 465 g/mol. The summed E-state index contributed by atoms with van der Waals surface area (Å²) in [5, 5.41) is 21.9. The molecule has 0 aromatic heterocycles. The van der Waals surface area contributed by atoms with Crippen LogP contribution in [0.2, 0.25) is 0 Å². The molecule has 4 aliphatic rings. The fourth-order valence-corrected chi connectivity index (χ4v) is 3.36. The molecule has 0 N–H and O–H groups in total. The van der Waals surface area contributed by atoms with E-state index >= 15 is 0 Å². The average molecular weight is 466 g/mol. The van der Waals surface area contributed by atoms with E-state index < -0.39 is 0 Å². The Morgan fingerprint density at radius 3 is 0.906 bits per heavy atom. The van der Waals surface area contributed by atoms with Crippen LogP contribution in [0.3, 0.4) is 0 Å². The number of rotatable bonds is 0. The fraction of sp³-hybridized carbons (Fsp3) is 0. The molecular formula is C24H16CuN7-4. The van der Waals surface area contributed by atoms with Crippen molar-refractivity contribution in [2.75, 3.05) is 0 Å². The maximum absolute atomic E-state index is 6.75. The Balaban J connectivity index is 0.000000157. The van der Waals surface area contributed by atoms with Gasteiger partial charge in [0.25, 0.3) is 0 Å². The quantitative estimate of drug-likeness (QED) is 0.212. The zero-order chi connectivity index (χ0) is 21.5. The molecule has 32 heavy (non-hydrogen) atoms. The van der Waals surface area contributed by atoms with Crippen LogP contribution in [0, 0.1) is 0 Å². The third-order valence-electron chi connectivity index (χ3n) is 4.69. The predicted octanol–water partition coefficient (Wildman–Crippen LogP) is 5.49. The van der Waals surface area contributed by atoms with Gasteiger partial charge in [0, 0.05) is 0 Å². The van der Waals surface area contributed by atoms with E-state index in [9.17, 15) is 0 Å². The Bertz CT molecular complexity index is 1200. The number of hydrogen-bond donors (Lipinski definition) is 0. The van der Waals surface area contributed by atoms with Gasteiger partial charge in [-0.2, -0.15) is 24.8 Å². The first-order valence-corrected chi connectivity index (χ1v) is 9.47. The molecule has 0 saturated heterocycles. The summed E-state index contributed by atoms with van der Waals surface area (Å²) in [6.07, 6.45) is 23.2. The van der Waals surface area contributed by atoms with E-state index in [-0.39, 0.29) is 17.1 Å². The molecule has 162 valence electrons. The summed E-state index contributed by atoms with van der Waals surface area (Å²) in [5.41, 5.74) is 17.4. The van der Waals surface area contributed by atoms with Crippen molar-refractivity contribution in [3.8, 4) is 0 Å². The second-order valence-corrected chi connectivity index (χ2v) is 6.52. The summed E-state index contributed by atoms with van der Waals surface area (Å²) in [6.45, 7) is 0. The van der Waals surface area contributed by atoms with E-state index in [1.165, 1.54) is 4.91 Å². The van der Waals surface area contributed by atoms with E-state index in [4.69, 9.17) is 11.1 Å². The van der Waals surface area contributed by atoms with Crippen LogP contribution in [0.1, 0.15) is 0 Å². The van der Waals surface area contributed by atoms with Crippen molar-refractivity contribution in [2.45, 2.75) is 0 Å². The molecule has 6 rings (SSSR count). The SMILES string of the molecule is C1=C[N-]c2c3c(ccc2=C1)=CC=C[N-]3.C1=C[N-]c2c3c(ccc2=C1)=CC=C[N-]3.[Cu+].[N-]=[N+]=[N-]. The second kappa shape index (κ2) is 10.8. The summed E-state index contributed by atoms with van der Waals surface area (Å²) < 4.78 is 0. The molecule has 2 aromatic carbocycles. The van der Waals surface area contributed by atoms with Gasteiger partial charge in [-0.05, 0) is 20.9 Å². The molecule has 0 unspecified atom stereocenters. The zero-order valence-electron chi connectivity index (χ0n) is 16.7. The molecule has 0 saturated carbocycles. The van der Waals surface area contributed by atoms with Gasteiger partial charge in [-0.25, -0.2) is 0 Å². The van der Waals surface area contributed by atoms with Crippen molar-refractivity contribution >= 4 is 47.1 Å². The summed E-state index contributed by atoms with van der Waals surface area (Å²) in [5.74, 6) is 0. The van der Waals surface area contributed by atoms with Crippen molar-refractivity contribution in [3.05, 3.63) is 131 Å². The van der Waals surface area contributed by atoms with E-state index in [0.717, 1.165) is 43.6 Å². The minimum absolute atomic E-state index is 0. The van der Waals surface area contributed by atoms with Crippen molar-refractivity contribution in [1.29, 1.82) is 0 Å². The Hall–Kier alpha value is -4.09. The number of hydrogen-bond acceptors (Lipinski definition) is 0. The molecule has 7 nitrogen and oxygen atoms in total. The normalized spacial score (nSPS) is 13.8. The molecule has 8 heteroatoms. The van der Waals surface area contributed by atoms with Gasteiger partial charge >= 0.3 is 17.1 Å². The van der Waals surface area contributed by atoms with Gasteiger partial charge in [0.05, 0.1) is 0 Å². The van der Waals surface area contributed by atoms with Crippen LogP contribution in [0.4, 0.5) is 22.7 Å². The largest absolute Gasteiger partial charge is 1.00 e. The summed E-state index contributed by atoms with van der Waals surface area (Å²) in [7, 11) is 0. The molecule has 0 bridgehead atoms. The third-order valence-corrected chi connectivity index (χ3v) is 4.69. The van der Waals surface area contributed by atoms with Crippen molar-refractivity contribution < 1.29 is 17.1 Å². The molecule has 2 aromatic rings. The summed E-state index contributed by atoms with van der Waals surface area (Å²) in [6, 6.07) is 8.30. The van der Waals surface area contributed by atoms with Gasteiger partial charge in [0.1, 0.15) is 0 Å². The van der Waals surface area contributed by atoms with Crippen molar-refractivity contribution in [2.24, 2.45) is 0 Å². The molecule has 4 aliphatic heterocycles. The van der Waals surface area contributed by atoms with Crippen LogP contribution < -0.4 is 20.9 Å². The van der Waals surface area contributed by atoms with E-state index in [2.05, 4.69) is 69.8 Å². The Morgan fingerprint density at radius 1 is 0.469 bits per heavy atom. The fourth-order valence-electron chi connectivity index (χ4n) is 3.36.